The summed E-state index contributed by atoms with van der Waals surface area (Å²) in [6.07, 6.45) is 3.45. The molecule has 7 nitrogen and oxygen atoms in total. The summed E-state index contributed by atoms with van der Waals surface area (Å²) in [5, 5.41) is 4.31. The van der Waals surface area contributed by atoms with Gasteiger partial charge in [-0.2, -0.15) is 5.10 Å². The molecule has 0 saturated heterocycles. The molecule has 0 aliphatic carbocycles. The fraction of sp³-hybridized carbons (Fsp3) is 0.111. The molecule has 0 atom stereocenters. The fourth-order valence-corrected chi connectivity index (χ4v) is 2.95. The maximum absolute atomic E-state index is 13.5. The van der Waals surface area contributed by atoms with Gasteiger partial charge < -0.3 is 10.6 Å². The number of halogens is 1. The Morgan fingerprint density at radius 2 is 1.92 bits per heavy atom. The number of hydrogen-bond donors (Lipinski definition) is 1. The van der Waals surface area contributed by atoms with E-state index in [1.165, 1.54) is 17.0 Å². The van der Waals surface area contributed by atoms with Crippen molar-refractivity contribution in [2.75, 3.05) is 12.8 Å². The third kappa shape index (κ3) is 2.52. The predicted molar refractivity (Wildman–Crippen MR) is 95.0 cm³/mol. The molecular weight excluding hydrogens is 335 g/mol. The molecule has 2 aromatic heterocycles. The molecule has 0 unspecified atom stereocenters. The highest BCUT2D eigenvalue weighted by Gasteiger charge is 2.35. The predicted octanol–water partition coefficient (Wildman–Crippen LogP) is 2.18. The number of anilines is 1. The van der Waals surface area contributed by atoms with E-state index in [4.69, 9.17) is 5.73 Å². The number of carbonyl (C=O) groups is 1. The van der Waals surface area contributed by atoms with Gasteiger partial charge in [0.1, 0.15) is 22.9 Å². The van der Waals surface area contributed by atoms with Gasteiger partial charge in [0.15, 0.2) is 0 Å². The zero-order valence-electron chi connectivity index (χ0n) is 14.1. The summed E-state index contributed by atoms with van der Waals surface area (Å²) in [5.74, 6) is -0.580. The lowest BCUT2D eigenvalue weighted by Crippen LogP contribution is -2.17. The van der Waals surface area contributed by atoms with Crippen molar-refractivity contribution in [3.05, 3.63) is 59.2 Å². The minimum absolute atomic E-state index is 0.0395. The summed E-state index contributed by atoms with van der Waals surface area (Å²) >= 11 is 0. The quantitative estimate of drug-likeness (QED) is 0.765. The Kier molecular flexibility index (Phi) is 3.54. The van der Waals surface area contributed by atoms with E-state index in [9.17, 15) is 9.18 Å². The third-order valence-corrected chi connectivity index (χ3v) is 4.16. The Bertz CT molecular complexity index is 1070. The van der Waals surface area contributed by atoms with Crippen molar-refractivity contribution in [2.24, 2.45) is 7.05 Å². The van der Waals surface area contributed by atoms with Crippen molar-refractivity contribution in [2.45, 2.75) is 0 Å². The lowest BCUT2D eigenvalue weighted by atomic mass is 10.1. The molecule has 0 fully saturated rings. The summed E-state index contributed by atoms with van der Waals surface area (Å²) < 4.78 is 15.1. The van der Waals surface area contributed by atoms with Crippen LogP contribution in [0.25, 0.3) is 23.2 Å². The number of fused-ring (bicyclic) bond motifs is 1. The molecule has 0 saturated carbocycles. The second-order valence-corrected chi connectivity index (χ2v) is 5.98. The van der Waals surface area contributed by atoms with Crippen LogP contribution in [0.4, 0.5) is 10.3 Å². The van der Waals surface area contributed by atoms with Crippen LogP contribution in [0.2, 0.25) is 0 Å². The smallest absolute Gasteiger partial charge is 0.262 e. The molecule has 8 heteroatoms. The zero-order valence-corrected chi connectivity index (χ0v) is 14.1. The normalized spacial score (nSPS) is 15.0. The second kappa shape index (κ2) is 5.76. The Morgan fingerprint density at radius 3 is 2.62 bits per heavy atom. The molecule has 130 valence electrons. The van der Waals surface area contributed by atoms with Gasteiger partial charge in [0.05, 0.1) is 11.3 Å². The topological polar surface area (TPSA) is 89.9 Å². The number of carbonyl (C=O) groups excluding carboxylic acids is 1. The van der Waals surface area contributed by atoms with Crippen LogP contribution in [0.5, 0.6) is 0 Å². The lowest BCUT2D eigenvalue weighted by Gasteiger charge is -2.10. The monoisotopic (exact) mass is 350 g/mol. The molecule has 3 heterocycles. The van der Waals surface area contributed by atoms with Crippen LogP contribution < -0.4 is 5.73 Å². The Labute approximate surface area is 148 Å². The van der Waals surface area contributed by atoms with Gasteiger partial charge in [0.25, 0.3) is 5.91 Å². The minimum atomic E-state index is -0.358. The van der Waals surface area contributed by atoms with Crippen LogP contribution in [-0.2, 0) is 7.05 Å². The number of benzene rings is 1. The van der Waals surface area contributed by atoms with E-state index in [1.54, 1.807) is 49.2 Å². The summed E-state index contributed by atoms with van der Waals surface area (Å²) in [6, 6.07) is 7.85. The van der Waals surface area contributed by atoms with Crippen LogP contribution in [0, 0.1) is 5.82 Å². The van der Waals surface area contributed by atoms with Crippen molar-refractivity contribution in [1.82, 2.24) is 24.6 Å². The highest BCUT2D eigenvalue weighted by molar-refractivity contribution is 6.14. The van der Waals surface area contributed by atoms with Crippen molar-refractivity contribution in [1.29, 1.82) is 0 Å². The molecule has 0 radical (unpaired) electrons. The maximum atomic E-state index is 13.5. The van der Waals surface area contributed by atoms with E-state index >= 15 is 0 Å². The van der Waals surface area contributed by atoms with Crippen molar-refractivity contribution in [3.8, 4) is 11.4 Å². The maximum Gasteiger partial charge on any atom is 0.262 e. The summed E-state index contributed by atoms with van der Waals surface area (Å²) in [6.45, 7) is 0. The average molecular weight is 350 g/mol. The van der Waals surface area contributed by atoms with Crippen LogP contribution in [-0.4, -0.2) is 37.6 Å². The van der Waals surface area contributed by atoms with Crippen LogP contribution in [0.1, 0.15) is 21.6 Å². The van der Waals surface area contributed by atoms with Gasteiger partial charge in [-0.3, -0.25) is 9.48 Å². The van der Waals surface area contributed by atoms with Crippen molar-refractivity contribution in [3.63, 3.8) is 0 Å². The van der Waals surface area contributed by atoms with E-state index in [2.05, 4.69) is 15.1 Å². The van der Waals surface area contributed by atoms with Crippen LogP contribution >= 0.6 is 0 Å². The zero-order chi connectivity index (χ0) is 18.4. The Morgan fingerprint density at radius 1 is 1.15 bits per heavy atom. The lowest BCUT2D eigenvalue weighted by molar-refractivity contribution is 0.0875. The van der Waals surface area contributed by atoms with Gasteiger partial charge in [0.2, 0.25) is 5.95 Å². The van der Waals surface area contributed by atoms with Crippen LogP contribution in [0.3, 0.4) is 0 Å². The van der Waals surface area contributed by atoms with Crippen molar-refractivity contribution < 1.29 is 9.18 Å². The molecule has 1 aliphatic heterocycles. The highest BCUT2D eigenvalue weighted by Crippen LogP contribution is 2.36. The number of nitrogens with two attached hydrogens (primary N) is 1. The number of nitrogens with zero attached hydrogens (tertiary/aromatic N) is 5. The minimum Gasteiger partial charge on any atom is -0.368 e. The second-order valence-electron chi connectivity index (χ2n) is 5.98. The summed E-state index contributed by atoms with van der Waals surface area (Å²) in [7, 11) is 3.41. The van der Waals surface area contributed by atoms with Gasteiger partial charge in [-0.25, -0.2) is 14.4 Å². The van der Waals surface area contributed by atoms with E-state index in [-0.39, 0.29) is 17.7 Å². The molecule has 1 aliphatic rings. The first-order valence-corrected chi connectivity index (χ1v) is 7.87. The molecule has 2 N–H and O–H groups in total. The third-order valence-electron chi connectivity index (χ3n) is 4.16. The number of rotatable bonds is 2. The fourth-order valence-electron chi connectivity index (χ4n) is 2.95. The first-order valence-electron chi connectivity index (χ1n) is 7.87. The highest BCUT2D eigenvalue weighted by atomic mass is 19.1. The number of nitrogen functional groups attached to an aromatic ring is 1. The average Bonchev–Trinajstić information content (AvgIpc) is 3.12. The molecule has 0 bridgehead atoms. The number of hydrogen-bond acceptors (Lipinski definition) is 5. The van der Waals surface area contributed by atoms with Gasteiger partial charge in [-0.15, -0.1) is 0 Å². The Balaban J connectivity index is 1.93. The molecule has 26 heavy (non-hydrogen) atoms. The largest absolute Gasteiger partial charge is 0.368 e. The van der Waals surface area contributed by atoms with E-state index < -0.39 is 0 Å². The molecular formula is C18H15FN6O. The number of amides is 1. The van der Waals surface area contributed by atoms with Gasteiger partial charge >= 0.3 is 0 Å². The summed E-state index contributed by atoms with van der Waals surface area (Å²) in [5.41, 5.74) is 8.68. The molecule has 1 aromatic carbocycles. The molecule has 3 aromatic rings. The molecule has 4 rings (SSSR count). The molecule has 0 spiro atoms. The van der Waals surface area contributed by atoms with E-state index in [0.29, 0.717) is 33.9 Å². The van der Waals surface area contributed by atoms with Gasteiger partial charge in [-0.1, -0.05) is 12.1 Å². The standard InChI is InChI=1S/C18H15FN6O/c1-24-7-6-12(23-24)15-14-16(22-18(20)21-15)13(25(2)17(14)26)9-10-4-3-5-11(19)8-10/h3-9H,1-2H3,(H2,20,21,22)/b13-9+. The molecule has 1 amide bonds. The van der Waals surface area contributed by atoms with Gasteiger partial charge in [-0.05, 0) is 29.8 Å². The SMILES string of the molecule is CN1C(=O)c2c(nc(N)nc2-c2ccn(C)n2)/C1=C\c1cccc(F)c1. The number of aromatic nitrogens is 4. The first-order chi connectivity index (χ1) is 12.4. The summed E-state index contributed by atoms with van der Waals surface area (Å²) in [4.78, 5) is 22.8. The number of aryl methyl sites for hydroxylation is 1. The van der Waals surface area contributed by atoms with E-state index in [0.717, 1.165) is 0 Å². The van der Waals surface area contributed by atoms with Crippen molar-refractivity contribution >= 4 is 23.6 Å². The van der Waals surface area contributed by atoms with E-state index in [1.807, 2.05) is 0 Å². The van der Waals surface area contributed by atoms with Gasteiger partial charge in [0, 0.05) is 20.3 Å². The van der Waals surface area contributed by atoms with Crippen LogP contribution in [0.15, 0.2) is 36.5 Å². The first kappa shape index (κ1) is 15.9. The Hall–Kier alpha value is -3.55.